The van der Waals surface area contributed by atoms with E-state index in [0.29, 0.717) is 6.42 Å². The molecule has 0 aliphatic carbocycles. The Kier molecular flexibility index (Phi) is 27.2. The predicted octanol–water partition coefficient (Wildman–Crippen LogP) is 0.692. The summed E-state index contributed by atoms with van der Waals surface area (Å²) in [6.45, 7) is 2.70. The van der Waals surface area contributed by atoms with Gasteiger partial charge in [-0.05, 0) is 38.5 Å². The number of rotatable bonds is 24. The molecule has 3 N–H and O–H groups in total. The maximum absolute atomic E-state index is 12.0. The van der Waals surface area contributed by atoms with Gasteiger partial charge in [0.2, 0.25) is 5.91 Å². The van der Waals surface area contributed by atoms with E-state index < -0.39 is 22.1 Å². The summed E-state index contributed by atoms with van der Waals surface area (Å²) in [6.07, 6.45) is 19.4. The number of allylic oxidation sites excluding steroid dienone is 2. The molecular weight excluding hydrogens is 479 g/mol. The number of nitrogens with zero attached hydrogens (tertiary/aromatic N) is 1. The predicted molar refractivity (Wildman–Crippen MR) is 136 cm³/mol. The van der Waals surface area contributed by atoms with Gasteiger partial charge in [0.15, 0.2) is 0 Å². The summed E-state index contributed by atoms with van der Waals surface area (Å²) in [5.41, 5.74) is 0. The van der Waals surface area contributed by atoms with Gasteiger partial charge in [0.25, 0.3) is 0 Å². The van der Waals surface area contributed by atoms with Gasteiger partial charge in [-0.3, -0.25) is 9.69 Å². The summed E-state index contributed by atoms with van der Waals surface area (Å²) in [4.78, 5) is 13.4. The van der Waals surface area contributed by atoms with Crippen LogP contribution in [0.3, 0.4) is 0 Å². The number of carbonyl (C=O) groups excluding carboxylic acids is 1. The molecule has 0 fully saturated rings. The molecule has 0 bridgehead atoms. The van der Waals surface area contributed by atoms with Gasteiger partial charge < -0.3 is 20.1 Å². The number of unbranched alkanes of at least 4 members (excludes halogenated alkanes) is 11. The van der Waals surface area contributed by atoms with Crippen molar-refractivity contribution in [1.29, 1.82) is 0 Å². The minimum absolute atomic E-state index is 0. The molecule has 202 valence electrons. The molecule has 8 nitrogen and oxygen atoms in total. The maximum Gasteiger partial charge on any atom is 1.00 e. The molecule has 0 aromatic rings. The third-order valence-corrected chi connectivity index (χ3v) is 6.56. The van der Waals surface area contributed by atoms with Gasteiger partial charge in [-0.2, -0.15) is 0 Å². The second-order valence-corrected chi connectivity index (χ2v) is 10.5. The van der Waals surface area contributed by atoms with Crippen LogP contribution in [0.4, 0.5) is 0 Å². The first-order valence-electron chi connectivity index (χ1n) is 13.2. The summed E-state index contributed by atoms with van der Waals surface area (Å²) in [5, 5.41) is 21.9. The molecule has 0 radical (unpaired) electrons. The van der Waals surface area contributed by atoms with E-state index in [-0.39, 0.29) is 68.1 Å². The second kappa shape index (κ2) is 25.6. The van der Waals surface area contributed by atoms with E-state index in [1.54, 1.807) is 0 Å². The van der Waals surface area contributed by atoms with E-state index in [9.17, 15) is 22.9 Å². The second-order valence-electron chi connectivity index (χ2n) is 8.97. The fraction of sp³-hybridized carbons (Fsp3) is 0.880. The Hall–Kier alpha value is -0.000000000000000222. The van der Waals surface area contributed by atoms with Crippen molar-refractivity contribution in [2.75, 3.05) is 32.0 Å². The van der Waals surface area contributed by atoms with Crippen molar-refractivity contribution in [3.05, 3.63) is 12.2 Å². The van der Waals surface area contributed by atoms with Crippen LogP contribution < -0.4 is 34.9 Å². The first kappa shape index (κ1) is 37.2. The van der Waals surface area contributed by atoms with Gasteiger partial charge in [0.05, 0.1) is 16.7 Å². The number of hydrogen-bond acceptors (Lipinski definition) is 7. The molecule has 0 rings (SSSR count). The quantitative estimate of drug-likeness (QED) is 0.0553. The molecule has 0 aliphatic heterocycles. The van der Waals surface area contributed by atoms with E-state index in [2.05, 4.69) is 24.4 Å². The average molecular weight is 529 g/mol. The molecule has 10 heteroatoms. The van der Waals surface area contributed by atoms with Gasteiger partial charge >= 0.3 is 29.6 Å². The van der Waals surface area contributed by atoms with Crippen LogP contribution in [0.2, 0.25) is 0 Å². The Balaban J connectivity index is 0. The van der Waals surface area contributed by atoms with Gasteiger partial charge in [0.1, 0.15) is 6.23 Å². The van der Waals surface area contributed by atoms with Gasteiger partial charge in [-0.15, -0.1) is 0 Å². The Morgan fingerprint density at radius 2 is 1.49 bits per heavy atom. The van der Waals surface area contributed by atoms with E-state index in [4.69, 9.17) is 5.11 Å². The van der Waals surface area contributed by atoms with E-state index in [1.165, 1.54) is 62.7 Å². The van der Waals surface area contributed by atoms with E-state index in [0.717, 1.165) is 25.7 Å². The molecule has 35 heavy (non-hydrogen) atoms. The normalized spacial score (nSPS) is 12.7. The molecule has 0 saturated carbocycles. The summed E-state index contributed by atoms with van der Waals surface area (Å²) < 4.78 is 32.1. The number of hydrogen-bond donors (Lipinski definition) is 3. The number of nitrogens with one attached hydrogen (secondary N) is 1. The fourth-order valence-electron chi connectivity index (χ4n) is 3.75. The minimum atomic E-state index is -4.40. The smallest absolute Gasteiger partial charge is 0.748 e. The number of amides is 1. The molecule has 1 atom stereocenters. The molecule has 0 heterocycles. The van der Waals surface area contributed by atoms with Crippen molar-refractivity contribution in [3.63, 3.8) is 0 Å². The van der Waals surface area contributed by atoms with Crippen LogP contribution in [0, 0.1) is 0 Å². The zero-order valence-electron chi connectivity index (χ0n) is 22.3. The van der Waals surface area contributed by atoms with Crippen molar-refractivity contribution >= 4 is 16.0 Å². The van der Waals surface area contributed by atoms with Crippen LogP contribution in [-0.2, 0) is 14.9 Å². The Morgan fingerprint density at radius 1 is 0.943 bits per heavy atom. The third-order valence-electron chi connectivity index (χ3n) is 5.82. The molecule has 0 aliphatic rings. The SMILES string of the molecule is CCCCCCCC/C=C\CCCCCCCC(=O)NCCN(CCO)C(O)CCS(=O)(=O)[O-].[Na+]. The van der Waals surface area contributed by atoms with Crippen LogP contribution in [0.15, 0.2) is 12.2 Å². The first-order valence-corrected chi connectivity index (χ1v) is 14.8. The molecule has 1 amide bonds. The Bertz CT molecular complexity index is 619. The zero-order chi connectivity index (χ0) is 25.5. The van der Waals surface area contributed by atoms with Crippen molar-refractivity contribution in [1.82, 2.24) is 10.2 Å². The van der Waals surface area contributed by atoms with Crippen molar-refractivity contribution in [2.24, 2.45) is 0 Å². The van der Waals surface area contributed by atoms with Crippen LogP contribution in [0.25, 0.3) is 0 Å². The fourth-order valence-corrected chi connectivity index (χ4v) is 4.25. The van der Waals surface area contributed by atoms with Gasteiger partial charge in [0, 0.05) is 31.8 Å². The largest absolute Gasteiger partial charge is 1.00 e. The van der Waals surface area contributed by atoms with E-state index in [1.807, 2.05) is 0 Å². The maximum atomic E-state index is 12.0. The molecule has 0 aromatic heterocycles. The summed E-state index contributed by atoms with van der Waals surface area (Å²) in [7, 11) is -4.40. The Morgan fingerprint density at radius 3 is 2.03 bits per heavy atom. The summed E-state index contributed by atoms with van der Waals surface area (Å²) in [5.74, 6) is -0.726. The number of aliphatic hydroxyl groups is 2. The molecule has 0 spiro atoms. The van der Waals surface area contributed by atoms with Crippen LogP contribution >= 0.6 is 0 Å². The van der Waals surface area contributed by atoms with Crippen LogP contribution in [0.1, 0.15) is 103 Å². The van der Waals surface area contributed by atoms with Crippen LogP contribution in [-0.4, -0.2) is 72.2 Å². The average Bonchev–Trinajstić information content (AvgIpc) is 2.79. The summed E-state index contributed by atoms with van der Waals surface area (Å²) in [6, 6.07) is 0. The molecule has 1 unspecified atom stereocenters. The standard InChI is InChI=1S/C25H50N2O6S.Na/c1-2-3-4-5-6-7-8-9-10-11-12-13-14-15-16-17-24(29)26-19-20-27(21-22-28)25(30)18-23-34(31,32)33;/h9-10,25,28,30H,2-8,11-23H2,1H3,(H,26,29)(H,31,32,33);/q;+1/p-1/b10-9-;. The first-order chi connectivity index (χ1) is 16.3. The monoisotopic (exact) mass is 528 g/mol. The number of carbonyl (C=O) groups is 1. The van der Waals surface area contributed by atoms with Crippen molar-refractivity contribution in [2.45, 2.75) is 109 Å². The Labute approximate surface area is 236 Å². The minimum Gasteiger partial charge on any atom is -0.748 e. The molecular formula is C25H49N2NaO6S. The summed E-state index contributed by atoms with van der Waals surface area (Å²) >= 11 is 0. The van der Waals surface area contributed by atoms with Crippen molar-refractivity contribution < 1.29 is 57.5 Å². The van der Waals surface area contributed by atoms with E-state index >= 15 is 0 Å². The zero-order valence-corrected chi connectivity index (χ0v) is 25.1. The molecule has 0 aromatic carbocycles. The van der Waals surface area contributed by atoms with Gasteiger partial charge in [-0.1, -0.05) is 70.4 Å². The van der Waals surface area contributed by atoms with Crippen LogP contribution in [0.5, 0.6) is 0 Å². The van der Waals surface area contributed by atoms with Gasteiger partial charge in [-0.25, -0.2) is 8.42 Å². The topological polar surface area (TPSA) is 130 Å². The molecule has 0 saturated heterocycles. The van der Waals surface area contributed by atoms with Crippen molar-refractivity contribution in [3.8, 4) is 0 Å². The number of aliphatic hydroxyl groups excluding tert-OH is 2. The third kappa shape index (κ3) is 26.9.